The highest BCUT2D eigenvalue weighted by Crippen LogP contribution is 2.18. The van der Waals surface area contributed by atoms with Gasteiger partial charge in [0, 0.05) is 19.8 Å². The van der Waals surface area contributed by atoms with Crippen LogP contribution in [-0.2, 0) is 0 Å². The van der Waals surface area contributed by atoms with Crippen LogP contribution in [0, 0.1) is 0 Å². The van der Waals surface area contributed by atoms with Crippen molar-refractivity contribution in [1.82, 2.24) is 15.0 Å². The zero-order valence-corrected chi connectivity index (χ0v) is 10.5. The van der Waals surface area contributed by atoms with Crippen LogP contribution in [0.25, 0.3) is 0 Å². The molecule has 0 amide bonds. The summed E-state index contributed by atoms with van der Waals surface area (Å²) in [4.78, 5) is 13.7. The third-order valence-corrected chi connectivity index (χ3v) is 2.75. The van der Waals surface area contributed by atoms with Crippen molar-refractivity contribution in [2.75, 3.05) is 31.4 Å². The molecular formula is C8H13ClN4O2S. The Morgan fingerprint density at radius 1 is 1.38 bits per heavy atom. The highest BCUT2D eigenvalue weighted by atomic mass is 35.5. The molecule has 6 nitrogen and oxygen atoms in total. The maximum absolute atomic E-state index is 9.18. The van der Waals surface area contributed by atoms with E-state index >= 15 is 0 Å². The van der Waals surface area contributed by atoms with Crippen LogP contribution in [0.15, 0.2) is 5.16 Å². The summed E-state index contributed by atoms with van der Waals surface area (Å²) in [5.41, 5.74) is 0. The first-order valence-corrected chi connectivity index (χ1v) is 5.90. The Labute approximate surface area is 103 Å². The number of thioether (sulfide) groups is 1. The van der Waals surface area contributed by atoms with E-state index < -0.39 is 6.10 Å². The fourth-order valence-electron chi connectivity index (χ4n) is 0.810. The third-order valence-electron chi connectivity index (χ3n) is 1.59. The van der Waals surface area contributed by atoms with Crippen molar-refractivity contribution in [3.63, 3.8) is 0 Å². The van der Waals surface area contributed by atoms with Crippen molar-refractivity contribution in [3.05, 3.63) is 5.28 Å². The zero-order valence-electron chi connectivity index (χ0n) is 8.96. The first kappa shape index (κ1) is 13.4. The van der Waals surface area contributed by atoms with Crippen molar-refractivity contribution in [3.8, 4) is 0 Å². The summed E-state index contributed by atoms with van der Waals surface area (Å²) >= 11 is 6.94. The average Bonchev–Trinajstić information content (AvgIpc) is 2.25. The molecule has 1 aromatic rings. The molecule has 0 bridgehead atoms. The van der Waals surface area contributed by atoms with E-state index in [0.717, 1.165) is 0 Å². The van der Waals surface area contributed by atoms with Gasteiger partial charge >= 0.3 is 0 Å². The van der Waals surface area contributed by atoms with E-state index in [-0.39, 0.29) is 11.9 Å². The number of rotatable bonds is 5. The second kappa shape index (κ2) is 6.19. The fraction of sp³-hybridized carbons (Fsp3) is 0.625. The molecular weight excluding hydrogens is 252 g/mol. The van der Waals surface area contributed by atoms with Crippen LogP contribution in [0.3, 0.4) is 0 Å². The molecule has 0 fully saturated rings. The maximum Gasteiger partial charge on any atom is 0.230 e. The van der Waals surface area contributed by atoms with Gasteiger partial charge in [-0.05, 0) is 11.6 Å². The molecule has 0 aromatic carbocycles. The van der Waals surface area contributed by atoms with Gasteiger partial charge in [-0.1, -0.05) is 11.8 Å². The van der Waals surface area contributed by atoms with Crippen LogP contribution >= 0.6 is 23.4 Å². The molecule has 16 heavy (non-hydrogen) atoms. The molecule has 0 saturated heterocycles. The molecule has 1 aromatic heterocycles. The first-order valence-electron chi connectivity index (χ1n) is 4.53. The fourth-order valence-corrected chi connectivity index (χ4v) is 1.76. The van der Waals surface area contributed by atoms with E-state index in [4.69, 9.17) is 16.7 Å². The highest BCUT2D eigenvalue weighted by molar-refractivity contribution is 7.99. The van der Waals surface area contributed by atoms with E-state index in [9.17, 15) is 5.11 Å². The minimum absolute atomic E-state index is 0.111. The molecule has 0 aliphatic heterocycles. The van der Waals surface area contributed by atoms with E-state index in [1.807, 2.05) is 0 Å². The van der Waals surface area contributed by atoms with Gasteiger partial charge in [-0.3, -0.25) is 0 Å². The summed E-state index contributed by atoms with van der Waals surface area (Å²) in [6.45, 7) is -0.285. The molecule has 0 aliphatic rings. The third kappa shape index (κ3) is 4.09. The summed E-state index contributed by atoms with van der Waals surface area (Å²) in [6, 6.07) is 0. The minimum Gasteiger partial charge on any atom is -0.394 e. The smallest absolute Gasteiger partial charge is 0.230 e. The number of nitrogens with zero attached hydrogens (tertiary/aromatic N) is 4. The standard InChI is InChI=1S/C8H13ClN4O2S/c1-13(2)7-10-6(9)11-8(12-7)16-4-5(15)3-14/h5,14-15H,3-4H2,1-2H3. The van der Waals surface area contributed by atoms with E-state index in [1.54, 1.807) is 19.0 Å². The molecule has 0 radical (unpaired) electrons. The van der Waals surface area contributed by atoms with Crippen molar-refractivity contribution in [2.45, 2.75) is 11.3 Å². The van der Waals surface area contributed by atoms with E-state index in [0.29, 0.717) is 16.9 Å². The Morgan fingerprint density at radius 2 is 2.06 bits per heavy atom. The van der Waals surface area contributed by atoms with Gasteiger partial charge in [0.1, 0.15) is 0 Å². The monoisotopic (exact) mass is 264 g/mol. The average molecular weight is 265 g/mol. The minimum atomic E-state index is -0.789. The Bertz CT molecular complexity index is 353. The van der Waals surface area contributed by atoms with Gasteiger partial charge in [0.25, 0.3) is 0 Å². The zero-order chi connectivity index (χ0) is 12.1. The van der Waals surface area contributed by atoms with Gasteiger partial charge in [0.05, 0.1) is 12.7 Å². The quantitative estimate of drug-likeness (QED) is 0.727. The van der Waals surface area contributed by atoms with Crippen LogP contribution in [0.5, 0.6) is 0 Å². The van der Waals surface area contributed by atoms with Crippen LogP contribution < -0.4 is 4.90 Å². The lowest BCUT2D eigenvalue weighted by Gasteiger charge is -2.11. The molecule has 0 spiro atoms. The van der Waals surface area contributed by atoms with Crippen molar-refractivity contribution >= 4 is 29.3 Å². The molecule has 1 heterocycles. The van der Waals surface area contributed by atoms with Gasteiger partial charge in [-0.15, -0.1) is 0 Å². The molecule has 90 valence electrons. The second-order valence-electron chi connectivity index (χ2n) is 3.23. The molecule has 1 unspecified atom stereocenters. The first-order chi connectivity index (χ1) is 7.52. The van der Waals surface area contributed by atoms with Gasteiger partial charge < -0.3 is 15.1 Å². The van der Waals surface area contributed by atoms with Crippen molar-refractivity contribution in [1.29, 1.82) is 0 Å². The molecule has 1 rings (SSSR count). The SMILES string of the molecule is CN(C)c1nc(Cl)nc(SCC(O)CO)n1. The number of halogens is 1. The van der Waals surface area contributed by atoms with Gasteiger partial charge in [0.15, 0.2) is 5.16 Å². The maximum atomic E-state index is 9.18. The van der Waals surface area contributed by atoms with Crippen LogP contribution in [-0.4, -0.2) is 57.7 Å². The summed E-state index contributed by atoms with van der Waals surface area (Å²) in [7, 11) is 3.59. The van der Waals surface area contributed by atoms with Gasteiger partial charge in [-0.2, -0.15) is 15.0 Å². The highest BCUT2D eigenvalue weighted by Gasteiger charge is 2.09. The topological polar surface area (TPSA) is 82.4 Å². The lowest BCUT2D eigenvalue weighted by molar-refractivity contribution is 0.113. The molecule has 8 heteroatoms. The predicted molar refractivity (Wildman–Crippen MR) is 63.0 cm³/mol. The number of hydrogen-bond donors (Lipinski definition) is 2. The number of hydrogen-bond acceptors (Lipinski definition) is 7. The van der Waals surface area contributed by atoms with Gasteiger partial charge in [-0.25, -0.2) is 0 Å². The van der Waals surface area contributed by atoms with E-state index in [1.165, 1.54) is 11.8 Å². The number of aromatic nitrogens is 3. The number of aliphatic hydroxyl groups excluding tert-OH is 2. The Morgan fingerprint density at radius 3 is 2.62 bits per heavy atom. The Balaban J connectivity index is 2.72. The lowest BCUT2D eigenvalue weighted by Crippen LogP contribution is -2.16. The lowest BCUT2D eigenvalue weighted by atomic mass is 10.4. The molecule has 0 aliphatic carbocycles. The summed E-state index contributed by atoms with van der Waals surface area (Å²) in [5, 5.41) is 18.4. The van der Waals surface area contributed by atoms with Crippen LogP contribution in [0.1, 0.15) is 0 Å². The molecule has 1 atom stereocenters. The van der Waals surface area contributed by atoms with Crippen LogP contribution in [0.2, 0.25) is 5.28 Å². The summed E-state index contributed by atoms with van der Waals surface area (Å²) in [6.07, 6.45) is -0.789. The summed E-state index contributed by atoms with van der Waals surface area (Å²) < 4.78 is 0. The van der Waals surface area contributed by atoms with Crippen LogP contribution in [0.4, 0.5) is 5.95 Å². The molecule has 2 N–H and O–H groups in total. The predicted octanol–water partition coefficient (Wildman–Crippen LogP) is 0.0363. The van der Waals surface area contributed by atoms with Crippen molar-refractivity contribution in [2.24, 2.45) is 0 Å². The Hall–Kier alpha value is -0.630. The van der Waals surface area contributed by atoms with Gasteiger partial charge in [0.2, 0.25) is 11.2 Å². The normalized spacial score (nSPS) is 12.6. The molecule has 0 saturated carbocycles. The summed E-state index contributed by atoms with van der Waals surface area (Å²) in [5.74, 6) is 0.768. The van der Waals surface area contributed by atoms with E-state index in [2.05, 4.69) is 15.0 Å². The number of aliphatic hydroxyl groups is 2. The second-order valence-corrected chi connectivity index (χ2v) is 4.55. The largest absolute Gasteiger partial charge is 0.394 e. The van der Waals surface area contributed by atoms with Crippen molar-refractivity contribution < 1.29 is 10.2 Å². The number of anilines is 1. The Kier molecular flexibility index (Phi) is 5.20.